The average Bonchev–Trinajstić information content (AvgIpc) is 2.83. The SMILES string of the molecule is CCNC(=O)CCNc1nnc(CNCCOC)o1. The Morgan fingerprint density at radius 1 is 1.37 bits per heavy atom. The second-order valence-electron chi connectivity index (χ2n) is 3.80. The first kappa shape index (κ1) is 15.4. The standard InChI is InChI=1S/C11H21N5O3/c1-3-13-9(17)4-5-14-11-16-15-10(19-11)8-12-6-7-18-2/h12H,3-8H2,1-2H3,(H,13,17)(H,14,16). The zero-order valence-corrected chi connectivity index (χ0v) is 11.4. The summed E-state index contributed by atoms with van der Waals surface area (Å²) < 4.78 is 10.2. The number of hydrogen-bond acceptors (Lipinski definition) is 7. The first-order valence-electron chi connectivity index (χ1n) is 6.28. The fourth-order valence-electron chi connectivity index (χ4n) is 1.33. The zero-order valence-electron chi connectivity index (χ0n) is 11.4. The van der Waals surface area contributed by atoms with Crippen molar-refractivity contribution in [2.75, 3.05) is 38.7 Å². The highest BCUT2D eigenvalue weighted by Crippen LogP contribution is 2.04. The van der Waals surface area contributed by atoms with Gasteiger partial charge in [0.15, 0.2) is 0 Å². The Kier molecular flexibility index (Phi) is 7.52. The number of rotatable bonds is 10. The van der Waals surface area contributed by atoms with Gasteiger partial charge in [0.05, 0.1) is 13.2 Å². The van der Waals surface area contributed by atoms with Crippen LogP contribution in [-0.4, -0.2) is 49.5 Å². The zero-order chi connectivity index (χ0) is 13.9. The molecule has 1 rings (SSSR count). The second-order valence-corrected chi connectivity index (χ2v) is 3.80. The van der Waals surface area contributed by atoms with E-state index in [1.165, 1.54) is 0 Å². The van der Waals surface area contributed by atoms with Gasteiger partial charge in [-0.25, -0.2) is 0 Å². The Balaban J connectivity index is 2.17. The van der Waals surface area contributed by atoms with Crippen LogP contribution >= 0.6 is 0 Å². The third-order valence-electron chi connectivity index (χ3n) is 2.23. The molecule has 0 aliphatic rings. The summed E-state index contributed by atoms with van der Waals surface area (Å²) in [7, 11) is 1.64. The monoisotopic (exact) mass is 271 g/mol. The van der Waals surface area contributed by atoms with Crippen LogP contribution in [0.4, 0.5) is 6.01 Å². The molecule has 0 saturated heterocycles. The Morgan fingerprint density at radius 3 is 2.95 bits per heavy atom. The summed E-state index contributed by atoms with van der Waals surface area (Å²) >= 11 is 0. The van der Waals surface area contributed by atoms with Crippen molar-refractivity contribution in [3.8, 4) is 0 Å². The number of carbonyl (C=O) groups is 1. The molecule has 108 valence electrons. The van der Waals surface area contributed by atoms with Gasteiger partial charge in [-0.1, -0.05) is 5.10 Å². The summed E-state index contributed by atoms with van der Waals surface area (Å²) in [5.41, 5.74) is 0. The molecular weight excluding hydrogens is 250 g/mol. The number of ether oxygens (including phenoxy) is 1. The van der Waals surface area contributed by atoms with Crippen LogP contribution in [0.5, 0.6) is 0 Å². The van der Waals surface area contributed by atoms with E-state index in [4.69, 9.17) is 9.15 Å². The van der Waals surface area contributed by atoms with Crippen molar-refractivity contribution in [3.63, 3.8) is 0 Å². The largest absolute Gasteiger partial charge is 0.407 e. The lowest BCUT2D eigenvalue weighted by Crippen LogP contribution is -2.24. The summed E-state index contributed by atoms with van der Waals surface area (Å²) in [6.07, 6.45) is 0.373. The van der Waals surface area contributed by atoms with E-state index >= 15 is 0 Å². The highest BCUT2D eigenvalue weighted by Gasteiger charge is 2.05. The van der Waals surface area contributed by atoms with E-state index in [1.807, 2.05) is 6.92 Å². The van der Waals surface area contributed by atoms with Crippen molar-refractivity contribution in [2.24, 2.45) is 0 Å². The maximum Gasteiger partial charge on any atom is 0.315 e. The Bertz CT molecular complexity index is 369. The quantitative estimate of drug-likeness (QED) is 0.504. The molecule has 0 radical (unpaired) electrons. The summed E-state index contributed by atoms with van der Waals surface area (Å²) in [6.45, 7) is 4.83. The predicted molar refractivity (Wildman–Crippen MR) is 69.7 cm³/mol. The van der Waals surface area contributed by atoms with Crippen LogP contribution in [0.1, 0.15) is 19.2 Å². The number of aromatic nitrogens is 2. The molecule has 1 aromatic heterocycles. The molecule has 19 heavy (non-hydrogen) atoms. The van der Waals surface area contributed by atoms with Crippen LogP contribution in [0.2, 0.25) is 0 Å². The fraction of sp³-hybridized carbons (Fsp3) is 0.727. The van der Waals surface area contributed by atoms with Crippen LogP contribution < -0.4 is 16.0 Å². The molecule has 0 saturated carbocycles. The number of anilines is 1. The minimum Gasteiger partial charge on any atom is -0.407 e. The van der Waals surface area contributed by atoms with Crippen molar-refractivity contribution >= 4 is 11.9 Å². The van der Waals surface area contributed by atoms with Crippen LogP contribution in [0.3, 0.4) is 0 Å². The smallest absolute Gasteiger partial charge is 0.315 e. The number of amides is 1. The maximum absolute atomic E-state index is 11.2. The molecule has 0 spiro atoms. The summed E-state index contributed by atoms with van der Waals surface area (Å²) in [5.74, 6) is 0.493. The van der Waals surface area contributed by atoms with E-state index in [0.717, 1.165) is 6.54 Å². The van der Waals surface area contributed by atoms with E-state index in [-0.39, 0.29) is 5.91 Å². The molecule has 3 N–H and O–H groups in total. The van der Waals surface area contributed by atoms with Crippen molar-refractivity contribution < 1.29 is 13.9 Å². The van der Waals surface area contributed by atoms with Gasteiger partial charge >= 0.3 is 6.01 Å². The second kappa shape index (κ2) is 9.29. The molecule has 1 amide bonds. The lowest BCUT2D eigenvalue weighted by Gasteiger charge is -2.02. The molecule has 0 bridgehead atoms. The Labute approximate surface area is 112 Å². The van der Waals surface area contributed by atoms with E-state index in [9.17, 15) is 4.79 Å². The highest BCUT2D eigenvalue weighted by molar-refractivity contribution is 5.76. The number of hydrogen-bond donors (Lipinski definition) is 3. The van der Waals surface area contributed by atoms with Crippen molar-refractivity contribution in [1.82, 2.24) is 20.8 Å². The molecule has 8 heteroatoms. The number of nitrogens with one attached hydrogen (secondary N) is 3. The number of carbonyl (C=O) groups excluding carboxylic acids is 1. The summed E-state index contributed by atoms with van der Waals surface area (Å²) in [6, 6.07) is 0.327. The van der Waals surface area contributed by atoms with E-state index < -0.39 is 0 Å². The van der Waals surface area contributed by atoms with Crippen LogP contribution in [0.15, 0.2) is 4.42 Å². The third-order valence-corrected chi connectivity index (χ3v) is 2.23. The number of nitrogens with zero attached hydrogens (tertiary/aromatic N) is 2. The van der Waals surface area contributed by atoms with Crippen molar-refractivity contribution in [3.05, 3.63) is 5.89 Å². The van der Waals surface area contributed by atoms with Crippen LogP contribution in [0, 0.1) is 0 Å². The molecule has 0 aliphatic carbocycles. The van der Waals surface area contributed by atoms with E-state index in [2.05, 4.69) is 26.1 Å². The van der Waals surface area contributed by atoms with Crippen LogP contribution in [0.25, 0.3) is 0 Å². The number of methoxy groups -OCH3 is 1. The Morgan fingerprint density at radius 2 is 2.21 bits per heavy atom. The molecule has 0 aliphatic heterocycles. The predicted octanol–water partition coefficient (Wildman–Crippen LogP) is -0.256. The highest BCUT2D eigenvalue weighted by atomic mass is 16.5. The third kappa shape index (κ3) is 6.73. The topological polar surface area (TPSA) is 101 Å². The molecule has 1 aromatic rings. The minimum atomic E-state index is -0.00373. The van der Waals surface area contributed by atoms with Gasteiger partial charge in [-0.15, -0.1) is 5.10 Å². The normalized spacial score (nSPS) is 10.4. The molecular formula is C11H21N5O3. The van der Waals surface area contributed by atoms with Gasteiger partial charge in [0.2, 0.25) is 11.8 Å². The van der Waals surface area contributed by atoms with Gasteiger partial charge < -0.3 is 25.1 Å². The van der Waals surface area contributed by atoms with Crippen molar-refractivity contribution in [2.45, 2.75) is 19.9 Å². The van der Waals surface area contributed by atoms with Gasteiger partial charge in [0, 0.05) is 33.2 Å². The van der Waals surface area contributed by atoms with Crippen LogP contribution in [-0.2, 0) is 16.1 Å². The molecule has 0 atom stereocenters. The van der Waals surface area contributed by atoms with Gasteiger partial charge in [0.1, 0.15) is 0 Å². The van der Waals surface area contributed by atoms with Gasteiger partial charge in [-0.2, -0.15) is 0 Å². The molecule has 1 heterocycles. The first-order chi connectivity index (χ1) is 9.26. The van der Waals surface area contributed by atoms with Gasteiger partial charge in [-0.3, -0.25) is 4.79 Å². The van der Waals surface area contributed by atoms with E-state index in [0.29, 0.717) is 44.6 Å². The van der Waals surface area contributed by atoms with Gasteiger partial charge in [-0.05, 0) is 6.92 Å². The lowest BCUT2D eigenvalue weighted by molar-refractivity contribution is -0.120. The van der Waals surface area contributed by atoms with Gasteiger partial charge in [0.25, 0.3) is 0 Å². The molecule has 8 nitrogen and oxygen atoms in total. The molecule has 0 fully saturated rings. The van der Waals surface area contributed by atoms with Crippen molar-refractivity contribution in [1.29, 1.82) is 0 Å². The lowest BCUT2D eigenvalue weighted by atomic mass is 10.4. The molecule has 0 aromatic carbocycles. The fourth-order valence-corrected chi connectivity index (χ4v) is 1.33. The Hall–Kier alpha value is -1.67. The minimum absolute atomic E-state index is 0.00373. The van der Waals surface area contributed by atoms with E-state index in [1.54, 1.807) is 7.11 Å². The summed E-state index contributed by atoms with van der Waals surface area (Å²) in [4.78, 5) is 11.2. The first-order valence-corrected chi connectivity index (χ1v) is 6.28. The maximum atomic E-state index is 11.2. The average molecular weight is 271 g/mol. The summed E-state index contributed by atoms with van der Waals surface area (Å²) in [5, 5.41) is 16.4. The molecule has 0 unspecified atom stereocenters.